The maximum Gasteiger partial charge on any atom is 0.424 e. The summed E-state index contributed by atoms with van der Waals surface area (Å²) < 4.78 is 30.2. The van der Waals surface area contributed by atoms with Gasteiger partial charge in [-0.25, -0.2) is 17.5 Å². The highest BCUT2D eigenvalue weighted by molar-refractivity contribution is 7.89. The fourth-order valence-corrected chi connectivity index (χ4v) is 3.78. The minimum atomic E-state index is -3.62. The number of nitrogens with zero attached hydrogens (tertiary/aromatic N) is 1. The van der Waals surface area contributed by atoms with E-state index in [0.717, 1.165) is 9.87 Å². The number of hydrogen-bond acceptors (Lipinski definition) is 5. The van der Waals surface area contributed by atoms with Crippen LogP contribution in [0.3, 0.4) is 0 Å². The molecule has 0 aliphatic carbocycles. The normalized spacial score (nSPS) is 20.9. The molecule has 1 unspecified atom stereocenters. The van der Waals surface area contributed by atoms with E-state index >= 15 is 0 Å². The van der Waals surface area contributed by atoms with Crippen molar-refractivity contribution in [1.82, 2.24) is 9.62 Å². The quantitative estimate of drug-likeness (QED) is 0.915. The molecule has 1 saturated heterocycles. The minimum absolute atomic E-state index is 0.0981. The highest BCUT2D eigenvalue weighted by atomic mass is 32.2. The van der Waals surface area contributed by atoms with Crippen LogP contribution in [-0.2, 0) is 21.3 Å². The first-order valence-corrected chi connectivity index (χ1v) is 8.79. The van der Waals surface area contributed by atoms with Crippen LogP contribution in [0.5, 0.6) is 0 Å². The molecular formula is C15H22N2O4S. The molecule has 2 rings (SSSR count). The summed E-state index contributed by atoms with van der Waals surface area (Å²) in [5.41, 5.74) is 0.345. The first-order chi connectivity index (χ1) is 10.2. The van der Waals surface area contributed by atoms with Gasteiger partial charge in [-0.15, -0.1) is 0 Å². The Hall–Kier alpha value is -1.60. The van der Waals surface area contributed by atoms with Crippen LogP contribution in [0.4, 0.5) is 4.79 Å². The van der Waals surface area contributed by atoms with Crippen LogP contribution in [0.15, 0.2) is 30.3 Å². The van der Waals surface area contributed by atoms with Crippen molar-refractivity contribution in [2.45, 2.75) is 39.0 Å². The molecule has 1 aromatic carbocycles. The average molecular weight is 326 g/mol. The first-order valence-electron chi connectivity index (χ1n) is 7.18. The number of carbonyl (C=O) groups is 1. The summed E-state index contributed by atoms with van der Waals surface area (Å²) in [4.78, 5) is 12.0. The number of nitrogens with one attached hydrogen (secondary N) is 1. The van der Waals surface area contributed by atoms with Crippen molar-refractivity contribution in [2.24, 2.45) is 0 Å². The SMILES string of the molecule is CC(C)(C)OC(=O)N1CC(NCc2ccccc2)CS1(=O)=O. The van der Waals surface area contributed by atoms with E-state index in [4.69, 9.17) is 4.74 Å². The number of benzene rings is 1. The molecule has 1 N–H and O–H groups in total. The summed E-state index contributed by atoms with van der Waals surface area (Å²) in [5, 5.41) is 3.17. The summed E-state index contributed by atoms with van der Waals surface area (Å²) in [6.45, 7) is 5.78. The van der Waals surface area contributed by atoms with Crippen molar-refractivity contribution >= 4 is 16.1 Å². The summed E-state index contributed by atoms with van der Waals surface area (Å²) in [6, 6.07) is 9.40. The van der Waals surface area contributed by atoms with Gasteiger partial charge in [-0.05, 0) is 26.3 Å². The van der Waals surface area contributed by atoms with Gasteiger partial charge in [0.1, 0.15) is 5.60 Å². The molecule has 0 spiro atoms. The zero-order valence-corrected chi connectivity index (χ0v) is 13.9. The Bertz CT molecular complexity index is 623. The molecule has 0 bridgehead atoms. The predicted octanol–water partition coefficient (Wildman–Crippen LogP) is 1.73. The van der Waals surface area contributed by atoms with E-state index in [9.17, 15) is 13.2 Å². The molecule has 1 aromatic rings. The first kappa shape index (κ1) is 16.8. The smallest absolute Gasteiger partial charge is 0.424 e. The van der Waals surface area contributed by atoms with Crippen LogP contribution in [0.2, 0.25) is 0 Å². The second kappa shape index (κ2) is 6.26. The number of sulfonamides is 1. The second-order valence-corrected chi connectivity index (χ2v) is 8.29. The van der Waals surface area contributed by atoms with E-state index in [2.05, 4.69) is 5.32 Å². The number of amides is 1. The summed E-state index contributed by atoms with van der Waals surface area (Å²) in [5.74, 6) is -0.0981. The molecule has 22 heavy (non-hydrogen) atoms. The molecule has 1 fully saturated rings. The van der Waals surface area contributed by atoms with E-state index in [1.807, 2.05) is 30.3 Å². The lowest BCUT2D eigenvalue weighted by molar-refractivity contribution is 0.0396. The Morgan fingerprint density at radius 2 is 1.95 bits per heavy atom. The Morgan fingerprint density at radius 1 is 1.32 bits per heavy atom. The fourth-order valence-electron chi connectivity index (χ4n) is 2.19. The van der Waals surface area contributed by atoms with Crippen LogP contribution in [0.25, 0.3) is 0 Å². The van der Waals surface area contributed by atoms with Crippen molar-refractivity contribution < 1.29 is 17.9 Å². The summed E-state index contributed by atoms with van der Waals surface area (Å²) in [7, 11) is -3.62. The van der Waals surface area contributed by atoms with Gasteiger partial charge in [0.05, 0.1) is 12.3 Å². The maximum atomic E-state index is 12.1. The maximum absolute atomic E-state index is 12.1. The molecule has 0 aromatic heterocycles. The lowest BCUT2D eigenvalue weighted by Crippen LogP contribution is -2.39. The number of rotatable bonds is 3. The van der Waals surface area contributed by atoms with Gasteiger partial charge in [-0.2, -0.15) is 0 Å². The molecule has 6 nitrogen and oxygen atoms in total. The van der Waals surface area contributed by atoms with Crippen LogP contribution in [-0.4, -0.2) is 42.8 Å². The third kappa shape index (κ3) is 4.45. The van der Waals surface area contributed by atoms with Gasteiger partial charge in [-0.3, -0.25) is 0 Å². The summed E-state index contributed by atoms with van der Waals surface area (Å²) in [6.07, 6.45) is -0.809. The third-order valence-corrected chi connectivity index (χ3v) is 4.96. The Labute approximate surface area is 131 Å². The molecule has 0 saturated carbocycles. The molecule has 0 radical (unpaired) electrons. The van der Waals surface area contributed by atoms with E-state index in [-0.39, 0.29) is 18.3 Å². The van der Waals surface area contributed by atoms with Gasteiger partial charge in [-0.1, -0.05) is 30.3 Å². The molecule has 1 amide bonds. The number of ether oxygens (including phenoxy) is 1. The second-order valence-electron chi connectivity index (χ2n) is 6.35. The highest BCUT2D eigenvalue weighted by Crippen LogP contribution is 2.19. The molecule has 7 heteroatoms. The molecule has 1 heterocycles. The average Bonchev–Trinajstić information content (AvgIpc) is 2.71. The predicted molar refractivity (Wildman–Crippen MR) is 83.8 cm³/mol. The zero-order chi connectivity index (χ0) is 16.4. The zero-order valence-electron chi connectivity index (χ0n) is 13.1. The lowest BCUT2D eigenvalue weighted by Gasteiger charge is -2.23. The standard InChI is InChI=1S/C15H22N2O4S/c1-15(2,3)21-14(18)17-10-13(11-22(17,19)20)16-9-12-7-5-4-6-8-12/h4-8,13,16H,9-11H2,1-3H3. The number of hydrogen-bond donors (Lipinski definition) is 1. The van der Waals surface area contributed by atoms with Crippen molar-refractivity contribution in [1.29, 1.82) is 0 Å². The topological polar surface area (TPSA) is 75.7 Å². The van der Waals surface area contributed by atoms with Crippen molar-refractivity contribution in [3.05, 3.63) is 35.9 Å². The lowest BCUT2D eigenvalue weighted by atomic mass is 10.2. The highest BCUT2D eigenvalue weighted by Gasteiger charge is 2.41. The van der Waals surface area contributed by atoms with Gasteiger partial charge in [0.2, 0.25) is 10.0 Å². The third-order valence-electron chi connectivity index (χ3n) is 3.17. The minimum Gasteiger partial charge on any atom is -0.443 e. The molecule has 1 aliphatic heterocycles. The molecule has 1 aliphatic rings. The Balaban J connectivity index is 1.97. The molecular weight excluding hydrogens is 304 g/mol. The number of carbonyl (C=O) groups excluding carboxylic acids is 1. The van der Waals surface area contributed by atoms with E-state index < -0.39 is 21.7 Å². The van der Waals surface area contributed by atoms with Gasteiger partial charge in [0.25, 0.3) is 0 Å². The van der Waals surface area contributed by atoms with E-state index in [0.29, 0.717) is 6.54 Å². The largest absolute Gasteiger partial charge is 0.443 e. The molecule has 122 valence electrons. The van der Waals surface area contributed by atoms with E-state index in [1.165, 1.54) is 0 Å². The monoisotopic (exact) mass is 326 g/mol. The van der Waals surface area contributed by atoms with Crippen LogP contribution in [0.1, 0.15) is 26.3 Å². The van der Waals surface area contributed by atoms with Gasteiger partial charge in [0, 0.05) is 12.6 Å². The van der Waals surface area contributed by atoms with E-state index in [1.54, 1.807) is 20.8 Å². The van der Waals surface area contributed by atoms with Crippen molar-refractivity contribution in [2.75, 3.05) is 12.3 Å². The fraction of sp³-hybridized carbons (Fsp3) is 0.533. The van der Waals surface area contributed by atoms with Crippen LogP contribution in [0, 0.1) is 0 Å². The Kier molecular flexibility index (Phi) is 4.77. The van der Waals surface area contributed by atoms with Crippen molar-refractivity contribution in [3.8, 4) is 0 Å². The van der Waals surface area contributed by atoms with Crippen LogP contribution >= 0.6 is 0 Å². The van der Waals surface area contributed by atoms with Gasteiger partial charge >= 0.3 is 6.09 Å². The van der Waals surface area contributed by atoms with Crippen LogP contribution < -0.4 is 5.32 Å². The van der Waals surface area contributed by atoms with Gasteiger partial charge in [0.15, 0.2) is 0 Å². The van der Waals surface area contributed by atoms with Crippen molar-refractivity contribution in [3.63, 3.8) is 0 Å². The van der Waals surface area contributed by atoms with Gasteiger partial charge < -0.3 is 10.1 Å². The summed E-state index contributed by atoms with van der Waals surface area (Å²) >= 11 is 0. The molecule has 1 atom stereocenters. The Morgan fingerprint density at radius 3 is 2.55 bits per heavy atom.